The van der Waals surface area contributed by atoms with E-state index in [1.165, 1.54) is 115 Å². The van der Waals surface area contributed by atoms with Crippen LogP contribution in [0.25, 0.3) is 0 Å². The van der Waals surface area contributed by atoms with Crippen LogP contribution in [0.15, 0.2) is 18.2 Å². The third-order valence-electron chi connectivity index (χ3n) is 10.3. The van der Waals surface area contributed by atoms with E-state index >= 15 is 0 Å². The molecule has 202 valence electrons. The van der Waals surface area contributed by atoms with E-state index in [9.17, 15) is 0 Å². The van der Waals surface area contributed by atoms with Gasteiger partial charge in [0.05, 0.1) is 6.10 Å². The Morgan fingerprint density at radius 2 is 1.53 bits per heavy atom. The summed E-state index contributed by atoms with van der Waals surface area (Å²) >= 11 is 0. The molecule has 4 aliphatic rings. The fourth-order valence-corrected chi connectivity index (χ4v) is 7.84. The second-order valence-electron chi connectivity index (χ2n) is 12.5. The van der Waals surface area contributed by atoms with Gasteiger partial charge in [-0.1, -0.05) is 39.0 Å². The van der Waals surface area contributed by atoms with Crippen LogP contribution >= 0.6 is 0 Å². The summed E-state index contributed by atoms with van der Waals surface area (Å²) < 4.78 is 5.65. The number of rotatable bonds is 8. The molecule has 4 nitrogen and oxygen atoms in total. The molecule has 1 spiro atoms. The Balaban J connectivity index is 1.30. The summed E-state index contributed by atoms with van der Waals surface area (Å²) in [5.74, 6) is 0.742. The Bertz CT molecular complexity index is 794. The molecule has 1 aromatic carbocycles. The van der Waals surface area contributed by atoms with Gasteiger partial charge in [-0.3, -0.25) is 4.90 Å². The molecular formula is C32H53N3O. The maximum Gasteiger partial charge on any atom is 0.0605 e. The van der Waals surface area contributed by atoms with Gasteiger partial charge in [0.15, 0.2) is 0 Å². The molecule has 0 aromatic heterocycles. The summed E-state index contributed by atoms with van der Waals surface area (Å²) in [5.41, 5.74) is 5.38. The molecule has 2 saturated carbocycles. The van der Waals surface area contributed by atoms with Gasteiger partial charge >= 0.3 is 0 Å². The highest BCUT2D eigenvalue weighted by Gasteiger charge is 2.37. The SMILES string of the molecule is CCCCCN1CCN(c2ccc(N3CCC(OC)CC3)cc2C2CCC3(CCCCC3)CC2)CC1. The fourth-order valence-electron chi connectivity index (χ4n) is 7.84. The summed E-state index contributed by atoms with van der Waals surface area (Å²) in [7, 11) is 1.87. The summed E-state index contributed by atoms with van der Waals surface area (Å²) in [4.78, 5) is 8.06. The first kappa shape index (κ1) is 26.4. The minimum atomic E-state index is 0.443. The molecule has 36 heavy (non-hydrogen) atoms. The van der Waals surface area contributed by atoms with Crippen molar-refractivity contribution in [3.8, 4) is 0 Å². The minimum Gasteiger partial charge on any atom is -0.381 e. The zero-order chi connectivity index (χ0) is 24.8. The van der Waals surface area contributed by atoms with E-state index in [-0.39, 0.29) is 0 Å². The van der Waals surface area contributed by atoms with E-state index in [2.05, 4.69) is 39.8 Å². The summed E-state index contributed by atoms with van der Waals surface area (Å²) in [6.45, 7) is 10.7. The number of piperidine rings is 1. The number of hydrogen-bond acceptors (Lipinski definition) is 4. The second kappa shape index (κ2) is 12.5. The Labute approximate surface area is 221 Å². The van der Waals surface area contributed by atoms with Crippen molar-refractivity contribution in [2.45, 2.75) is 109 Å². The minimum absolute atomic E-state index is 0.443. The van der Waals surface area contributed by atoms with Gasteiger partial charge in [0, 0.05) is 57.8 Å². The van der Waals surface area contributed by atoms with Crippen molar-refractivity contribution in [2.75, 3.05) is 62.7 Å². The summed E-state index contributed by atoms with van der Waals surface area (Å²) in [6, 6.07) is 7.56. The molecule has 0 unspecified atom stereocenters. The number of hydrogen-bond donors (Lipinski definition) is 0. The third kappa shape index (κ3) is 6.23. The highest BCUT2D eigenvalue weighted by atomic mass is 16.5. The lowest BCUT2D eigenvalue weighted by Crippen LogP contribution is -2.47. The van der Waals surface area contributed by atoms with E-state index in [0.29, 0.717) is 11.5 Å². The van der Waals surface area contributed by atoms with Crippen LogP contribution in [0.2, 0.25) is 0 Å². The molecule has 5 rings (SSSR count). The van der Waals surface area contributed by atoms with Crippen molar-refractivity contribution in [1.29, 1.82) is 0 Å². The van der Waals surface area contributed by atoms with Crippen LogP contribution in [0.4, 0.5) is 11.4 Å². The maximum absolute atomic E-state index is 5.65. The van der Waals surface area contributed by atoms with Crippen molar-refractivity contribution in [3.63, 3.8) is 0 Å². The molecule has 1 aromatic rings. The van der Waals surface area contributed by atoms with Crippen molar-refractivity contribution in [2.24, 2.45) is 5.41 Å². The van der Waals surface area contributed by atoms with Crippen molar-refractivity contribution in [1.82, 2.24) is 4.90 Å². The molecule has 0 N–H and O–H groups in total. The number of methoxy groups -OCH3 is 1. The number of nitrogens with zero attached hydrogens (tertiary/aromatic N) is 3. The third-order valence-corrected chi connectivity index (χ3v) is 10.3. The van der Waals surface area contributed by atoms with Gasteiger partial charge in [-0.05, 0) is 99.4 Å². The molecule has 4 fully saturated rings. The molecule has 2 aliphatic heterocycles. The zero-order valence-electron chi connectivity index (χ0n) is 23.5. The lowest BCUT2D eigenvalue weighted by atomic mass is 9.62. The van der Waals surface area contributed by atoms with Crippen LogP contribution in [0.1, 0.15) is 108 Å². The average Bonchev–Trinajstić information content (AvgIpc) is 2.94. The van der Waals surface area contributed by atoms with E-state index in [4.69, 9.17) is 4.74 Å². The molecule has 4 heteroatoms. The van der Waals surface area contributed by atoms with E-state index in [0.717, 1.165) is 31.8 Å². The molecular weight excluding hydrogens is 442 g/mol. The normalized spacial score (nSPS) is 24.5. The molecule has 2 heterocycles. The molecule has 0 bridgehead atoms. The Morgan fingerprint density at radius 1 is 0.806 bits per heavy atom. The fraction of sp³-hybridized carbons (Fsp3) is 0.812. The van der Waals surface area contributed by atoms with Gasteiger partial charge in [-0.2, -0.15) is 0 Å². The number of ether oxygens (including phenoxy) is 1. The standard InChI is InChI=1S/C32H53N3O/c1-3-4-8-19-33-22-24-35(25-23-33)31-10-9-28(34-20-13-29(36-2)14-21-34)26-30(31)27-11-17-32(18-12-27)15-6-5-7-16-32/h9-10,26-27,29H,3-8,11-25H2,1-2H3. The Kier molecular flexibility index (Phi) is 9.17. The zero-order valence-corrected chi connectivity index (χ0v) is 23.5. The molecule has 2 saturated heterocycles. The first-order valence-electron chi connectivity index (χ1n) is 15.6. The highest BCUT2D eigenvalue weighted by molar-refractivity contribution is 5.63. The lowest BCUT2D eigenvalue weighted by molar-refractivity contribution is 0.0819. The Hall–Kier alpha value is -1.26. The van der Waals surface area contributed by atoms with Crippen molar-refractivity contribution < 1.29 is 4.74 Å². The first-order valence-corrected chi connectivity index (χ1v) is 15.6. The molecule has 0 amide bonds. The van der Waals surface area contributed by atoms with Crippen LogP contribution in [0, 0.1) is 5.41 Å². The van der Waals surface area contributed by atoms with Crippen LogP contribution in [0.3, 0.4) is 0 Å². The largest absolute Gasteiger partial charge is 0.381 e. The number of unbranched alkanes of at least 4 members (excludes halogenated alkanes) is 2. The smallest absolute Gasteiger partial charge is 0.0605 e. The molecule has 0 atom stereocenters. The molecule has 2 aliphatic carbocycles. The molecule has 0 radical (unpaired) electrons. The van der Waals surface area contributed by atoms with Crippen LogP contribution < -0.4 is 9.80 Å². The van der Waals surface area contributed by atoms with Gasteiger partial charge in [0.1, 0.15) is 0 Å². The van der Waals surface area contributed by atoms with Gasteiger partial charge in [0.25, 0.3) is 0 Å². The van der Waals surface area contributed by atoms with E-state index < -0.39 is 0 Å². The van der Waals surface area contributed by atoms with Gasteiger partial charge < -0.3 is 14.5 Å². The monoisotopic (exact) mass is 495 g/mol. The van der Waals surface area contributed by atoms with Crippen LogP contribution in [0.5, 0.6) is 0 Å². The average molecular weight is 496 g/mol. The quantitative estimate of drug-likeness (QED) is 0.354. The number of anilines is 2. The van der Waals surface area contributed by atoms with E-state index in [1.54, 1.807) is 11.3 Å². The lowest BCUT2D eigenvalue weighted by Gasteiger charge is -2.44. The van der Waals surface area contributed by atoms with Crippen LogP contribution in [-0.4, -0.2) is 63.9 Å². The topological polar surface area (TPSA) is 19.0 Å². The summed E-state index contributed by atoms with van der Waals surface area (Å²) in [6.07, 6.45) is 20.0. The van der Waals surface area contributed by atoms with Gasteiger partial charge in [-0.25, -0.2) is 0 Å². The van der Waals surface area contributed by atoms with Gasteiger partial charge in [0.2, 0.25) is 0 Å². The number of benzene rings is 1. The van der Waals surface area contributed by atoms with Crippen LogP contribution in [-0.2, 0) is 4.74 Å². The highest BCUT2D eigenvalue weighted by Crippen LogP contribution is 2.52. The maximum atomic E-state index is 5.65. The predicted molar refractivity (Wildman–Crippen MR) is 154 cm³/mol. The summed E-state index contributed by atoms with van der Waals surface area (Å²) in [5, 5.41) is 0. The first-order chi connectivity index (χ1) is 17.7. The van der Waals surface area contributed by atoms with Crippen molar-refractivity contribution >= 4 is 11.4 Å². The Morgan fingerprint density at radius 3 is 2.19 bits per heavy atom. The van der Waals surface area contributed by atoms with Gasteiger partial charge in [-0.15, -0.1) is 0 Å². The number of piperazine rings is 1. The van der Waals surface area contributed by atoms with Crippen molar-refractivity contribution in [3.05, 3.63) is 23.8 Å². The predicted octanol–water partition coefficient (Wildman–Crippen LogP) is 7.22. The van der Waals surface area contributed by atoms with E-state index in [1.807, 2.05) is 7.11 Å². The second-order valence-corrected chi connectivity index (χ2v) is 12.5.